The van der Waals surface area contributed by atoms with Crippen molar-refractivity contribution in [3.63, 3.8) is 0 Å². The van der Waals surface area contributed by atoms with Crippen molar-refractivity contribution in [2.45, 2.75) is 0 Å². The largest absolute Gasteiger partial charge is 0.726 e. The van der Waals surface area contributed by atoms with Crippen molar-refractivity contribution in [3.8, 4) is 0 Å². The van der Waals surface area contributed by atoms with Gasteiger partial charge in [-0.1, -0.05) is 42.5 Å². The molecule has 0 saturated heterocycles. The van der Waals surface area contributed by atoms with Crippen LogP contribution >= 0.6 is 0 Å². The van der Waals surface area contributed by atoms with Gasteiger partial charge in [-0.25, -0.2) is 8.42 Å². The zero-order valence-corrected chi connectivity index (χ0v) is 13.9. The standard InChI is InChI=1S/C17H14N.CH4O4S/c1-2-7-15(8-3-1)12-14-18-13-6-10-16-9-4-5-11-17(16)18;1-5-6(2,3)4/h1-14H;1H3,(H,2,3,4)/q+1;/p-1. The minimum absolute atomic E-state index is 0.808. The smallest absolute Gasteiger partial charge is 0.217 e. The van der Waals surface area contributed by atoms with Crippen molar-refractivity contribution in [1.82, 2.24) is 0 Å². The Labute approximate surface area is 141 Å². The van der Waals surface area contributed by atoms with Gasteiger partial charge >= 0.3 is 0 Å². The molecule has 0 aliphatic heterocycles. The van der Waals surface area contributed by atoms with Crippen LogP contribution in [0.25, 0.3) is 23.2 Å². The first kappa shape index (κ1) is 17.8. The van der Waals surface area contributed by atoms with Crippen LogP contribution in [-0.2, 0) is 14.6 Å². The molecular formula is C18H17NO4S. The maximum Gasteiger partial charge on any atom is 0.217 e. The summed E-state index contributed by atoms with van der Waals surface area (Å²) in [5, 5.41) is 1.25. The number of para-hydroxylation sites is 1. The molecule has 0 atom stereocenters. The van der Waals surface area contributed by atoms with Crippen molar-refractivity contribution >= 4 is 33.6 Å². The lowest BCUT2D eigenvalue weighted by atomic mass is 10.2. The van der Waals surface area contributed by atoms with E-state index in [2.05, 4.69) is 75.8 Å². The molecular weight excluding hydrogens is 326 g/mol. The molecule has 1 aromatic heterocycles. The zero-order valence-electron chi connectivity index (χ0n) is 13.1. The van der Waals surface area contributed by atoms with E-state index in [0.29, 0.717) is 0 Å². The summed E-state index contributed by atoms with van der Waals surface area (Å²) in [6.07, 6.45) is 6.28. The van der Waals surface area contributed by atoms with Gasteiger partial charge in [0.25, 0.3) is 0 Å². The van der Waals surface area contributed by atoms with Crippen LogP contribution in [0.1, 0.15) is 5.56 Å². The molecule has 2 aromatic carbocycles. The van der Waals surface area contributed by atoms with Gasteiger partial charge in [-0.05, 0) is 17.7 Å². The molecule has 0 N–H and O–H groups in total. The Morgan fingerprint density at radius 2 is 1.54 bits per heavy atom. The van der Waals surface area contributed by atoms with E-state index < -0.39 is 10.4 Å². The number of nitrogens with zero attached hydrogens (tertiary/aromatic N) is 1. The van der Waals surface area contributed by atoms with Gasteiger partial charge in [-0.15, -0.1) is 0 Å². The van der Waals surface area contributed by atoms with Gasteiger partial charge < -0.3 is 4.55 Å². The van der Waals surface area contributed by atoms with Crippen LogP contribution in [0.2, 0.25) is 0 Å². The first-order chi connectivity index (χ1) is 11.5. The van der Waals surface area contributed by atoms with E-state index in [4.69, 9.17) is 0 Å². The second-order valence-corrected chi connectivity index (χ2v) is 5.93. The molecule has 0 amide bonds. The predicted octanol–water partition coefficient (Wildman–Crippen LogP) is 2.85. The van der Waals surface area contributed by atoms with E-state index in [9.17, 15) is 13.0 Å². The number of fused-ring (bicyclic) bond motifs is 1. The van der Waals surface area contributed by atoms with Crippen LogP contribution < -0.4 is 4.57 Å². The highest BCUT2D eigenvalue weighted by atomic mass is 32.3. The van der Waals surface area contributed by atoms with Crippen molar-refractivity contribution in [2.24, 2.45) is 0 Å². The Hall–Kier alpha value is -2.54. The lowest BCUT2D eigenvalue weighted by Crippen LogP contribution is -2.25. The fraction of sp³-hybridized carbons (Fsp3) is 0.0556. The van der Waals surface area contributed by atoms with E-state index in [1.807, 2.05) is 18.2 Å². The van der Waals surface area contributed by atoms with Crippen LogP contribution in [0.5, 0.6) is 0 Å². The molecule has 124 valence electrons. The second kappa shape index (κ2) is 8.35. The lowest BCUT2D eigenvalue weighted by molar-refractivity contribution is -0.538. The van der Waals surface area contributed by atoms with Gasteiger partial charge in [0.05, 0.1) is 7.11 Å². The van der Waals surface area contributed by atoms with Crippen LogP contribution in [0.4, 0.5) is 0 Å². The Bertz CT molecular complexity index is 917. The summed E-state index contributed by atoms with van der Waals surface area (Å²) in [7, 11) is -3.60. The third-order valence-corrected chi connectivity index (χ3v) is 3.58. The van der Waals surface area contributed by atoms with Crippen LogP contribution in [0.3, 0.4) is 0 Å². The highest BCUT2D eigenvalue weighted by Gasteiger charge is 2.03. The Kier molecular flexibility index (Phi) is 6.20. The predicted molar refractivity (Wildman–Crippen MR) is 92.5 cm³/mol. The SMILES string of the molecule is C(=C[n+]1cccc2ccccc21)c1ccccc1.COS(=O)(=O)[O-]. The minimum atomic E-state index is -4.41. The molecule has 6 heteroatoms. The molecule has 0 spiro atoms. The summed E-state index contributed by atoms with van der Waals surface area (Å²) in [5.41, 5.74) is 2.42. The second-order valence-electron chi connectivity index (χ2n) is 4.78. The quantitative estimate of drug-likeness (QED) is 0.416. The van der Waals surface area contributed by atoms with E-state index in [-0.39, 0.29) is 0 Å². The van der Waals surface area contributed by atoms with E-state index in [1.54, 1.807) is 0 Å². The van der Waals surface area contributed by atoms with Crippen LogP contribution in [0.15, 0.2) is 72.9 Å². The molecule has 3 rings (SSSR count). The summed E-state index contributed by atoms with van der Waals surface area (Å²) < 4.78 is 33.2. The third kappa shape index (κ3) is 5.58. The normalized spacial score (nSPS) is 11.2. The van der Waals surface area contributed by atoms with Crippen LogP contribution in [-0.4, -0.2) is 20.1 Å². The summed E-state index contributed by atoms with van der Waals surface area (Å²) in [6, 6.07) is 22.9. The number of rotatable bonds is 3. The van der Waals surface area contributed by atoms with Crippen LogP contribution in [0, 0.1) is 0 Å². The number of pyridine rings is 1. The van der Waals surface area contributed by atoms with Gasteiger partial charge in [-0.3, -0.25) is 4.18 Å². The Balaban J connectivity index is 0.000000301. The molecule has 24 heavy (non-hydrogen) atoms. The van der Waals surface area contributed by atoms with Gasteiger partial charge in [0.1, 0.15) is 0 Å². The van der Waals surface area contributed by atoms with Gasteiger partial charge in [-0.2, -0.15) is 4.57 Å². The van der Waals surface area contributed by atoms with Gasteiger partial charge in [0.15, 0.2) is 12.4 Å². The highest BCUT2D eigenvalue weighted by Crippen LogP contribution is 2.08. The number of aromatic nitrogens is 1. The van der Waals surface area contributed by atoms with E-state index >= 15 is 0 Å². The topological polar surface area (TPSA) is 70.3 Å². The summed E-state index contributed by atoms with van der Waals surface area (Å²) >= 11 is 0. The fourth-order valence-electron chi connectivity index (χ4n) is 2.04. The van der Waals surface area contributed by atoms with E-state index in [0.717, 1.165) is 7.11 Å². The highest BCUT2D eigenvalue weighted by molar-refractivity contribution is 7.80. The van der Waals surface area contributed by atoms with Crippen molar-refractivity contribution in [2.75, 3.05) is 7.11 Å². The average molecular weight is 343 g/mol. The van der Waals surface area contributed by atoms with E-state index in [1.165, 1.54) is 16.5 Å². The van der Waals surface area contributed by atoms with Gasteiger partial charge in [0, 0.05) is 23.6 Å². The van der Waals surface area contributed by atoms with Crippen molar-refractivity contribution in [3.05, 3.63) is 78.5 Å². The molecule has 5 nitrogen and oxygen atoms in total. The minimum Gasteiger partial charge on any atom is -0.726 e. The summed E-state index contributed by atoms with van der Waals surface area (Å²) in [5.74, 6) is 0. The molecule has 0 saturated carbocycles. The third-order valence-electron chi connectivity index (χ3n) is 3.17. The average Bonchev–Trinajstić information content (AvgIpc) is 2.61. The molecule has 0 aliphatic carbocycles. The number of hydrogen-bond acceptors (Lipinski definition) is 4. The maximum absolute atomic E-state index is 9.22. The molecule has 1 heterocycles. The number of benzene rings is 2. The molecule has 0 radical (unpaired) electrons. The zero-order chi connectivity index (χ0) is 17.4. The molecule has 0 fully saturated rings. The molecule has 0 aliphatic rings. The lowest BCUT2D eigenvalue weighted by Gasteiger charge is -1.98. The molecule has 0 bridgehead atoms. The first-order valence-electron chi connectivity index (χ1n) is 7.13. The molecule has 0 unspecified atom stereocenters. The monoisotopic (exact) mass is 343 g/mol. The molecule has 3 aromatic rings. The maximum atomic E-state index is 9.22. The Morgan fingerprint density at radius 3 is 2.21 bits per heavy atom. The number of hydrogen-bond donors (Lipinski definition) is 0. The fourth-order valence-corrected chi connectivity index (χ4v) is 2.04. The van der Waals surface area contributed by atoms with Crippen molar-refractivity contribution in [1.29, 1.82) is 0 Å². The first-order valence-corrected chi connectivity index (χ1v) is 8.46. The van der Waals surface area contributed by atoms with Crippen molar-refractivity contribution < 1.29 is 21.7 Å². The Morgan fingerprint density at radius 1 is 0.958 bits per heavy atom. The summed E-state index contributed by atoms with van der Waals surface area (Å²) in [6.45, 7) is 0. The van der Waals surface area contributed by atoms with Gasteiger partial charge in [0.2, 0.25) is 15.9 Å². The summed E-state index contributed by atoms with van der Waals surface area (Å²) in [4.78, 5) is 0.